The lowest BCUT2D eigenvalue weighted by Gasteiger charge is -2.40. The monoisotopic (exact) mass is 355 g/mol. The van der Waals surface area contributed by atoms with Crippen LogP contribution in [0.2, 0.25) is 0 Å². The van der Waals surface area contributed by atoms with E-state index in [9.17, 15) is 9.59 Å². The Balaban J connectivity index is 1.74. The number of amides is 2. The second-order valence-corrected chi connectivity index (χ2v) is 7.92. The molecule has 138 valence electrons. The number of hydrogen-bond donors (Lipinski definition) is 2. The molecule has 0 unspecified atom stereocenters. The van der Waals surface area contributed by atoms with E-state index in [4.69, 9.17) is 0 Å². The van der Waals surface area contributed by atoms with Crippen molar-refractivity contribution in [3.05, 3.63) is 41.7 Å². The minimum atomic E-state index is -0.278. The number of rotatable bonds is 3. The van der Waals surface area contributed by atoms with Crippen LogP contribution in [0.25, 0.3) is 5.69 Å². The molecule has 2 atom stereocenters. The van der Waals surface area contributed by atoms with Crippen molar-refractivity contribution < 1.29 is 9.59 Å². The third-order valence-electron chi connectivity index (χ3n) is 4.64. The van der Waals surface area contributed by atoms with Gasteiger partial charge in [-0.1, -0.05) is 38.1 Å². The summed E-state index contributed by atoms with van der Waals surface area (Å²) in [6, 6.07) is 7.56. The van der Waals surface area contributed by atoms with Crippen molar-refractivity contribution in [1.82, 2.24) is 25.6 Å². The van der Waals surface area contributed by atoms with Gasteiger partial charge in [0.05, 0.1) is 24.0 Å². The van der Waals surface area contributed by atoms with E-state index < -0.39 is 0 Å². The van der Waals surface area contributed by atoms with E-state index in [-0.39, 0.29) is 35.0 Å². The molecule has 0 aliphatic carbocycles. The van der Waals surface area contributed by atoms with Gasteiger partial charge in [0.2, 0.25) is 5.91 Å². The van der Waals surface area contributed by atoms with Gasteiger partial charge in [0, 0.05) is 6.42 Å². The number of nitrogens with one attached hydrogen (secondary N) is 2. The Morgan fingerprint density at radius 3 is 2.81 bits per heavy atom. The number of benzene rings is 1. The molecule has 0 radical (unpaired) electrons. The summed E-state index contributed by atoms with van der Waals surface area (Å²) in [5.74, 6) is -0.250. The SMILES string of the molecule is Cc1cccc(-n2cc(C(=O)N[C@@H]3CCC(=O)N[C@H]3C(C)(C)C)nn2)c1. The molecule has 2 amide bonds. The first kappa shape index (κ1) is 18.1. The van der Waals surface area contributed by atoms with Crippen LogP contribution in [-0.4, -0.2) is 38.9 Å². The standard InChI is InChI=1S/C19H25N5O2/c1-12-6-5-7-13(10-12)24-11-15(22-23-24)18(26)20-14-8-9-16(25)21-17(14)19(2,3)4/h5-7,10-11,14,17H,8-9H2,1-4H3,(H,20,26)(H,21,25)/t14-,17-/m1/s1. The highest BCUT2D eigenvalue weighted by Gasteiger charge is 2.37. The smallest absolute Gasteiger partial charge is 0.273 e. The second-order valence-electron chi connectivity index (χ2n) is 7.92. The Morgan fingerprint density at radius 2 is 2.12 bits per heavy atom. The molecule has 1 fully saturated rings. The molecule has 1 aromatic heterocycles. The molecule has 2 aromatic rings. The summed E-state index contributed by atoms with van der Waals surface area (Å²) in [6.07, 6.45) is 2.65. The van der Waals surface area contributed by atoms with E-state index in [0.29, 0.717) is 12.8 Å². The van der Waals surface area contributed by atoms with Gasteiger partial charge < -0.3 is 10.6 Å². The number of aryl methyl sites for hydroxylation is 1. The Morgan fingerprint density at radius 1 is 1.35 bits per heavy atom. The van der Waals surface area contributed by atoms with E-state index in [1.165, 1.54) is 0 Å². The Labute approximate surface area is 153 Å². The van der Waals surface area contributed by atoms with Gasteiger partial charge in [-0.3, -0.25) is 9.59 Å². The summed E-state index contributed by atoms with van der Waals surface area (Å²) >= 11 is 0. The van der Waals surface area contributed by atoms with Crippen LogP contribution in [0.1, 0.15) is 49.7 Å². The minimum absolute atomic E-state index is 0.0285. The topological polar surface area (TPSA) is 88.9 Å². The van der Waals surface area contributed by atoms with E-state index in [0.717, 1.165) is 11.3 Å². The summed E-state index contributed by atoms with van der Waals surface area (Å²) in [4.78, 5) is 24.4. The number of piperidine rings is 1. The molecule has 0 spiro atoms. The van der Waals surface area contributed by atoms with Gasteiger partial charge in [0.15, 0.2) is 5.69 Å². The fourth-order valence-corrected chi connectivity index (χ4v) is 3.28. The molecule has 7 nitrogen and oxygen atoms in total. The average Bonchev–Trinajstić information content (AvgIpc) is 3.06. The maximum atomic E-state index is 12.6. The van der Waals surface area contributed by atoms with Gasteiger partial charge in [0.1, 0.15) is 0 Å². The maximum absolute atomic E-state index is 12.6. The molecule has 0 bridgehead atoms. The van der Waals surface area contributed by atoms with E-state index in [2.05, 4.69) is 41.7 Å². The zero-order valence-corrected chi connectivity index (χ0v) is 15.6. The predicted molar refractivity (Wildman–Crippen MR) is 98.0 cm³/mol. The van der Waals surface area contributed by atoms with Gasteiger partial charge in [-0.2, -0.15) is 0 Å². The van der Waals surface area contributed by atoms with Gasteiger partial charge >= 0.3 is 0 Å². The lowest BCUT2D eigenvalue weighted by atomic mass is 9.78. The molecule has 1 aliphatic rings. The van der Waals surface area contributed by atoms with Gasteiger partial charge in [0.25, 0.3) is 5.91 Å². The van der Waals surface area contributed by atoms with Crippen molar-refractivity contribution in [2.45, 2.75) is 52.6 Å². The highest BCUT2D eigenvalue weighted by molar-refractivity contribution is 5.92. The summed E-state index contributed by atoms with van der Waals surface area (Å²) in [5, 5.41) is 14.1. The highest BCUT2D eigenvalue weighted by Crippen LogP contribution is 2.27. The number of nitrogens with zero attached hydrogens (tertiary/aromatic N) is 3. The fourth-order valence-electron chi connectivity index (χ4n) is 3.28. The molecule has 1 aromatic carbocycles. The first-order chi connectivity index (χ1) is 12.2. The number of aromatic nitrogens is 3. The Bertz CT molecular complexity index is 821. The predicted octanol–water partition coefficient (Wildman–Crippen LogP) is 2.00. The van der Waals surface area contributed by atoms with E-state index >= 15 is 0 Å². The van der Waals surface area contributed by atoms with Crippen LogP contribution in [0, 0.1) is 12.3 Å². The highest BCUT2D eigenvalue weighted by atomic mass is 16.2. The van der Waals surface area contributed by atoms with Crippen LogP contribution in [0.5, 0.6) is 0 Å². The normalized spacial score (nSPS) is 20.5. The first-order valence-electron chi connectivity index (χ1n) is 8.83. The van der Waals surface area contributed by atoms with Crippen LogP contribution in [0.15, 0.2) is 30.5 Å². The third kappa shape index (κ3) is 3.92. The lowest BCUT2D eigenvalue weighted by molar-refractivity contribution is -0.125. The van der Waals surface area contributed by atoms with Crippen LogP contribution < -0.4 is 10.6 Å². The lowest BCUT2D eigenvalue weighted by Crippen LogP contribution is -2.60. The van der Waals surface area contributed by atoms with Crippen molar-refractivity contribution in [3.63, 3.8) is 0 Å². The van der Waals surface area contributed by atoms with Gasteiger partial charge in [-0.25, -0.2) is 4.68 Å². The quantitative estimate of drug-likeness (QED) is 0.881. The average molecular weight is 355 g/mol. The number of carbonyl (C=O) groups is 2. The van der Waals surface area contributed by atoms with Crippen molar-refractivity contribution in [3.8, 4) is 5.69 Å². The fraction of sp³-hybridized carbons (Fsp3) is 0.474. The molecule has 1 aliphatic heterocycles. The van der Waals surface area contributed by atoms with E-state index in [1.807, 2.05) is 31.2 Å². The number of hydrogen-bond acceptors (Lipinski definition) is 4. The van der Waals surface area contributed by atoms with Crippen LogP contribution >= 0.6 is 0 Å². The molecule has 2 heterocycles. The second kappa shape index (κ2) is 6.90. The van der Waals surface area contributed by atoms with Crippen molar-refractivity contribution in [2.24, 2.45) is 5.41 Å². The molecule has 2 N–H and O–H groups in total. The molecule has 0 saturated carbocycles. The molecule has 3 rings (SSSR count). The summed E-state index contributed by atoms with van der Waals surface area (Å²) in [7, 11) is 0. The molecular weight excluding hydrogens is 330 g/mol. The first-order valence-corrected chi connectivity index (χ1v) is 8.83. The zero-order valence-electron chi connectivity index (χ0n) is 15.6. The maximum Gasteiger partial charge on any atom is 0.273 e. The van der Waals surface area contributed by atoms with E-state index in [1.54, 1.807) is 10.9 Å². The molecule has 1 saturated heterocycles. The van der Waals surface area contributed by atoms with Crippen molar-refractivity contribution in [2.75, 3.05) is 0 Å². The Kier molecular flexibility index (Phi) is 4.80. The van der Waals surface area contributed by atoms with Crippen LogP contribution in [-0.2, 0) is 4.79 Å². The van der Waals surface area contributed by atoms with Gasteiger partial charge in [-0.05, 0) is 36.5 Å². The summed E-state index contributed by atoms with van der Waals surface area (Å²) < 4.78 is 1.59. The van der Waals surface area contributed by atoms with Crippen molar-refractivity contribution >= 4 is 11.8 Å². The summed E-state index contributed by atoms with van der Waals surface area (Å²) in [6.45, 7) is 8.15. The number of carbonyl (C=O) groups excluding carboxylic acids is 2. The van der Waals surface area contributed by atoms with Crippen molar-refractivity contribution in [1.29, 1.82) is 0 Å². The molecule has 26 heavy (non-hydrogen) atoms. The zero-order chi connectivity index (χ0) is 18.9. The summed E-state index contributed by atoms with van der Waals surface area (Å²) in [5.41, 5.74) is 2.06. The molecular formula is C19H25N5O2. The third-order valence-corrected chi connectivity index (χ3v) is 4.64. The van der Waals surface area contributed by atoms with Crippen LogP contribution in [0.3, 0.4) is 0 Å². The Hall–Kier alpha value is -2.70. The minimum Gasteiger partial charge on any atom is -0.351 e. The van der Waals surface area contributed by atoms with Crippen LogP contribution in [0.4, 0.5) is 0 Å². The van der Waals surface area contributed by atoms with Gasteiger partial charge in [-0.15, -0.1) is 5.10 Å². The largest absolute Gasteiger partial charge is 0.351 e. The molecule has 7 heteroatoms.